The maximum absolute atomic E-state index is 13.4. The number of benzene rings is 1. The molecule has 11 nitrogen and oxygen atoms in total. The summed E-state index contributed by atoms with van der Waals surface area (Å²) in [6.45, 7) is 10.1. The van der Waals surface area contributed by atoms with Gasteiger partial charge in [-0.05, 0) is 46.2 Å². The molecule has 202 valence electrons. The molecule has 0 bridgehead atoms. The Morgan fingerprint density at radius 3 is 2.66 bits per heavy atom. The van der Waals surface area contributed by atoms with Crippen molar-refractivity contribution in [2.75, 3.05) is 48.4 Å². The molecule has 5 rings (SSSR count). The molecular formula is C27H35N7O4. The van der Waals surface area contributed by atoms with E-state index in [1.807, 2.05) is 59.1 Å². The monoisotopic (exact) mass is 521 g/mol. The number of hydrogen-bond acceptors (Lipinski definition) is 7. The highest BCUT2D eigenvalue weighted by Crippen LogP contribution is 2.36. The number of pyridine rings is 1. The lowest BCUT2D eigenvalue weighted by molar-refractivity contribution is 0.0159. The van der Waals surface area contributed by atoms with E-state index in [9.17, 15) is 9.59 Å². The number of urea groups is 1. The molecular weight excluding hydrogens is 486 g/mol. The van der Waals surface area contributed by atoms with Crippen LogP contribution >= 0.6 is 0 Å². The number of carbonyl (C=O) groups is 2. The lowest BCUT2D eigenvalue weighted by atomic mass is 10.1. The van der Waals surface area contributed by atoms with Crippen molar-refractivity contribution in [3.63, 3.8) is 0 Å². The average molecular weight is 522 g/mol. The summed E-state index contributed by atoms with van der Waals surface area (Å²) in [4.78, 5) is 36.3. The first-order chi connectivity index (χ1) is 18.0. The second-order valence-corrected chi connectivity index (χ2v) is 10.8. The van der Waals surface area contributed by atoms with Crippen molar-refractivity contribution in [3.05, 3.63) is 36.2 Å². The van der Waals surface area contributed by atoms with Crippen molar-refractivity contribution in [1.29, 1.82) is 0 Å². The number of piperazine rings is 1. The van der Waals surface area contributed by atoms with Crippen molar-refractivity contribution >= 4 is 40.2 Å². The SMILES string of the molecule is COc1cc2nn(C)cc2cc1NC(=O)N1CCc2c(N3CCN(C(=O)OC(C)(C)C)[C@H](C)C3)ccnc21. The molecule has 1 aromatic carbocycles. The highest BCUT2D eigenvalue weighted by atomic mass is 16.6. The van der Waals surface area contributed by atoms with E-state index < -0.39 is 5.60 Å². The van der Waals surface area contributed by atoms with Crippen molar-refractivity contribution in [2.45, 2.75) is 45.8 Å². The first-order valence-electron chi connectivity index (χ1n) is 12.9. The van der Waals surface area contributed by atoms with Crippen LogP contribution in [-0.2, 0) is 18.2 Å². The maximum atomic E-state index is 13.4. The zero-order valence-electron chi connectivity index (χ0n) is 22.8. The van der Waals surface area contributed by atoms with Gasteiger partial charge in [0.2, 0.25) is 0 Å². The molecule has 0 radical (unpaired) electrons. The van der Waals surface area contributed by atoms with Crippen LogP contribution in [0.3, 0.4) is 0 Å². The van der Waals surface area contributed by atoms with Crippen molar-refractivity contribution < 1.29 is 19.1 Å². The van der Waals surface area contributed by atoms with E-state index >= 15 is 0 Å². The first-order valence-corrected chi connectivity index (χ1v) is 12.9. The number of fused-ring (bicyclic) bond motifs is 2. The molecule has 11 heteroatoms. The van der Waals surface area contributed by atoms with E-state index in [0.29, 0.717) is 49.9 Å². The predicted molar refractivity (Wildman–Crippen MR) is 146 cm³/mol. The van der Waals surface area contributed by atoms with Crippen LogP contribution < -0.4 is 19.9 Å². The van der Waals surface area contributed by atoms with Gasteiger partial charge in [0.15, 0.2) is 0 Å². The Bertz CT molecular complexity index is 1380. The Labute approximate surface area is 222 Å². The van der Waals surface area contributed by atoms with Crippen LogP contribution in [0.15, 0.2) is 30.6 Å². The zero-order chi connectivity index (χ0) is 27.2. The Balaban J connectivity index is 1.32. The van der Waals surface area contributed by atoms with E-state index in [4.69, 9.17) is 9.47 Å². The predicted octanol–water partition coefficient (Wildman–Crippen LogP) is 4.02. The molecule has 1 N–H and O–H groups in total. The first kappa shape index (κ1) is 25.6. The molecule has 3 aromatic rings. The molecule has 0 aliphatic carbocycles. The molecule has 0 unspecified atom stereocenters. The summed E-state index contributed by atoms with van der Waals surface area (Å²) < 4.78 is 12.8. The topological polar surface area (TPSA) is 105 Å². The quantitative estimate of drug-likeness (QED) is 0.555. The van der Waals surface area contributed by atoms with Gasteiger partial charge in [-0.25, -0.2) is 14.6 Å². The van der Waals surface area contributed by atoms with E-state index in [1.54, 1.807) is 27.8 Å². The second-order valence-electron chi connectivity index (χ2n) is 10.8. The largest absolute Gasteiger partial charge is 0.494 e. The average Bonchev–Trinajstić information content (AvgIpc) is 3.44. The number of aromatic nitrogens is 3. The summed E-state index contributed by atoms with van der Waals surface area (Å²) in [7, 11) is 3.43. The molecule has 2 aliphatic rings. The van der Waals surface area contributed by atoms with Gasteiger partial charge in [-0.3, -0.25) is 9.58 Å². The standard InChI is InChI=1S/C27H35N7O4/c1-17-15-32(11-12-33(17)26(36)38-27(2,3)4)22-7-9-28-24-19(22)8-10-34(24)25(35)29-21-13-18-16-31(5)30-20(18)14-23(21)37-6/h7,9,13-14,16-17H,8,10-12,15H2,1-6H3,(H,29,35)/t17-/m1/s1. The Morgan fingerprint density at radius 2 is 1.95 bits per heavy atom. The Kier molecular flexibility index (Phi) is 6.54. The number of methoxy groups -OCH3 is 1. The van der Waals surface area contributed by atoms with Crippen molar-refractivity contribution in [1.82, 2.24) is 19.7 Å². The van der Waals surface area contributed by atoms with Gasteiger partial charge in [-0.2, -0.15) is 5.10 Å². The van der Waals surface area contributed by atoms with E-state index in [0.717, 1.165) is 22.2 Å². The Morgan fingerprint density at radius 1 is 1.16 bits per heavy atom. The van der Waals surface area contributed by atoms with Gasteiger partial charge >= 0.3 is 12.1 Å². The molecule has 0 spiro atoms. The van der Waals surface area contributed by atoms with E-state index in [1.165, 1.54) is 0 Å². The highest BCUT2D eigenvalue weighted by Gasteiger charge is 2.34. The van der Waals surface area contributed by atoms with Crippen molar-refractivity contribution in [2.24, 2.45) is 7.05 Å². The number of aryl methyl sites for hydroxylation is 1. The zero-order valence-corrected chi connectivity index (χ0v) is 22.8. The number of nitrogens with one attached hydrogen (secondary N) is 1. The molecule has 0 saturated carbocycles. The number of anilines is 3. The van der Waals surface area contributed by atoms with Gasteiger partial charge < -0.3 is 24.6 Å². The normalized spacial score (nSPS) is 17.5. The number of hydrogen-bond donors (Lipinski definition) is 1. The second kappa shape index (κ2) is 9.70. The van der Waals surface area contributed by atoms with Gasteiger partial charge in [0, 0.05) is 74.4 Å². The fourth-order valence-electron chi connectivity index (χ4n) is 5.16. The highest BCUT2D eigenvalue weighted by molar-refractivity contribution is 6.05. The number of amides is 3. The number of nitrogens with zero attached hydrogens (tertiary/aromatic N) is 6. The lowest BCUT2D eigenvalue weighted by Crippen LogP contribution is -2.55. The van der Waals surface area contributed by atoms with Gasteiger partial charge in [0.25, 0.3) is 0 Å². The number of rotatable bonds is 3. The van der Waals surface area contributed by atoms with Crippen LogP contribution in [0.2, 0.25) is 0 Å². The third kappa shape index (κ3) is 4.92. The molecule has 1 fully saturated rings. The van der Waals surface area contributed by atoms with Gasteiger partial charge in [-0.1, -0.05) is 0 Å². The maximum Gasteiger partial charge on any atom is 0.410 e. The minimum absolute atomic E-state index is 0.0157. The molecule has 3 amide bonds. The lowest BCUT2D eigenvalue weighted by Gasteiger charge is -2.41. The third-order valence-electron chi connectivity index (χ3n) is 6.87. The van der Waals surface area contributed by atoms with Crippen LogP contribution in [0, 0.1) is 0 Å². The number of carbonyl (C=O) groups excluding carboxylic acids is 2. The molecule has 4 heterocycles. The van der Waals surface area contributed by atoms with Crippen molar-refractivity contribution in [3.8, 4) is 5.75 Å². The molecule has 1 saturated heterocycles. The summed E-state index contributed by atoms with van der Waals surface area (Å²) in [5.41, 5.74) is 2.93. The molecule has 2 aromatic heterocycles. The van der Waals surface area contributed by atoms with Crippen LogP contribution in [0.25, 0.3) is 10.9 Å². The minimum atomic E-state index is -0.530. The summed E-state index contributed by atoms with van der Waals surface area (Å²) in [5, 5.41) is 8.32. The van der Waals surface area contributed by atoms with Gasteiger partial charge in [0.05, 0.1) is 18.3 Å². The minimum Gasteiger partial charge on any atom is -0.494 e. The van der Waals surface area contributed by atoms with Crippen LogP contribution in [0.5, 0.6) is 5.75 Å². The fraction of sp³-hybridized carbons (Fsp3) is 0.481. The molecule has 38 heavy (non-hydrogen) atoms. The Hall–Kier alpha value is -4.02. The summed E-state index contributed by atoms with van der Waals surface area (Å²) in [6, 6.07) is 5.40. The summed E-state index contributed by atoms with van der Waals surface area (Å²) >= 11 is 0. The van der Waals surface area contributed by atoms with Crippen LogP contribution in [0.4, 0.5) is 26.8 Å². The molecule has 1 atom stereocenters. The van der Waals surface area contributed by atoms with E-state index in [-0.39, 0.29) is 18.2 Å². The summed E-state index contributed by atoms with van der Waals surface area (Å²) in [5.74, 6) is 1.20. The molecule has 2 aliphatic heterocycles. The fourth-order valence-corrected chi connectivity index (χ4v) is 5.16. The summed E-state index contributed by atoms with van der Waals surface area (Å²) in [6.07, 6.45) is 4.05. The third-order valence-corrected chi connectivity index (χ3v) is 6.87. The smallest absolute Gasteiger partial charge is 0.410 e. The van der Waals surface area contributed by atoms with Crippen LogP contribution in [-0.4, -0.2) is 76.7 Å². The number of ether oxygens (including phenoxy) is 2. The van der Waals surface area contributed by atoms with Gasteiger partial charge in [-0.15, -0.1) is 0 Å². The van der Waals surface area contributed by atoms with Crippen LogP contribution in [0.1, 0.15) is 33.3 Å². The van der Waals surface area contributed by atoms with E-state index in [2.05, 4.69) is 20.3 Å². The van der Waals surface area contributed by atoms with Gasteiger partial charge in [0.1, 0.15) is 17.2 Å².